The number of halogens is 1. The summed E-state index contributed by atoms with van der Waals surface area (Å²) < 4.78 is 16.4. The van der Waals surface area contributed by atoms with Crippen LogP contribution in [0.2, 0.25) is 5.02 Å². The summed E-state index contributed by atoms with van der Waals surface area (Å²) in [6, 6.07) is 16.1. The van der Waals surface area contributed by atoms with E-state index in [0.717, 1.165) is 11.9 Å². The number of fused-ring (bicyclic) bond motifs is 1. The van der Waals surface area contributed by atoms with Gasteiger partial charge >= 0.3 is 0 Å². The smallest absolute Gasteiger partial charge is 0.255 e. The molecule has 1 amide bonds. The number of hydrogen-bond donors (Lipinski definition) is 1. The largest absolute Gasteiger partial charge is 0.493 e. The fourth-order valence-corrected chi connectivity index (χ4v) is 3.41. The predicted molar refractivity (Wildman–Crippen MR) is 121 cm³/mol. The molecule has 0 atom stereocenters. The van der Waals surface area contributed by atoms with Crippen LogP contribution in [0.25, 0.3) is 22.6 Å². The highest BCUT2D eigenvalue weighted by Gasteiger charge is 2.15. The van der Waals surface area contributed by atoms with E-state index in [2.05, 4.69) is 17.2 Å². The van der Waals surface area contributed by atoms with Crippen LogP contribution in [0.15, 0.2) is 59.0 Å². The third kappa shape index (κ3) is 4.20. The van der Waals surface area contributed by atoms with Gasteiger partial charge in [-0.2, -0.15) is 0 Å². The van der Waals surface area contributed by atoms with Crippen molar-refractivity contribution in [2.24, 2.45) is 0 Å². The van der Waals surface area contributed by atoms with Gasteiger partial charge in [0.05, 0.1) is 24.9 Å². The first-order chi connectivity index (χ1) is 15.0. The molecule has 0 radical (unpaired) electrons. The second kappa shape index (κ2) is 8.70. The van der Waals surface area contributed by atoms with E-state index in [4.69, 9.17) is 25.5 Å². The van der Waals surface area contributed by atoms with Gasteiger partial charge in [0, 0.05) is 11.1 Å². The number of anilines is 1. The minimum Gasteiger partial charge on any atom is -0.493 e. The van der Waals surface area contributed by atoms with E-state index in [-0.39, 0.29) is 5.91 Å². The zero-order valence-corrected chi connectivity index (χ0v) is 18.1. The van der Waals surface area contributed by atoms with Crippen LogP contribution in [0.5, 0.6) is 11.5 Å². The summed E-state index contributed by atoms with van der Waals surface area (Å²) in [4.78, 5) is 17.4. The molecule has 1 N–H and O–H groups in total. The van der Waals surface area contributed by atoms with E-state index >= 15 is 0 Å². The van der Waals surface area contributed by atoms with Gasteiger partial charge < -0.3 is 19.2 Å². The number of rotatable bonds is 6. The van der Waals surface area contributed by atoms with E-state index in [0.29, 0.717) is 44.8 Å². The lowest BCUT2D eigenvalue weighted by molar-refractivity contribution is 0.102. The number of carbonyl (C=O) groups excluding carboxylic acids is 1. The Hall–Kier alpha value is -3.51. The molecule has 0 aliphatic heterocycles. The number of nitrogens with one attached hydrogen (secondary N) is 1. The molecule has 1 heterocycles. The molecule has 0 aliphatic carbocycles. The lowest BCUT2D eigenvalue weighted by Gasteiger charge is -2.11. The highest BCUT2D eigenvalue weighted by atomic mass is 35.5. The van der Waals surface area contributed by atoms with Crippen LogP contribution in [-0.2, 0) is 6.42 Å². The molecule has 31 heavy (non-hydrogen) atoms. The quantitative estimate of drug-likeness (QED) is 0.402. The van der Waals surface area contributed by atoms with Gasteiger partial charge in [-0.1, -0.05) is 24.6 Å². The fourth-order valence-electron chi connectivity index (χ4n) is 3.24. The van der Waals surface area contributed by atoms with Crippen LogP contribution < -0.4 is 14.8 Å². The summed E-state index contributed by atoms with van der Waals surface area (Å²) in [6.45, 7) is 2.09. The molecule has 0 unspecified atom stereocenters. The van der Waals surface area contributed by atoms with Crippen LogP contribution in [-0.4, -0.2) is 25.1 Å². The standard InChI is InChI=1S/C24H21ClN2O4/c1-4-14-5-9-20-19(11-14)27-24(31-20)16-6-8-17(25)18(12-16)26-23(28)15-7-10-21(29-2)22(13-15)30-3/h5-13H,4H2,1-3H3,(H,26,28). The summed E-state index contributed by atoms with van der Waals surface area (Å²) in [5.41, 5.74) is 4.26. The van der Waals surface area contributed by atoms with Gasteiger partial charge in [0.15, 0.2) is 17.1 Å². The summed E-state index contributed by atoms with van der Waals surface area (Å²) >= 11 is 6.33. The van der Waals surface area contributed by atoms with Crippen molar-refractivity contribution in [3.63, 3.8) is 0 Å². The minimum atomic E-state index is -0.329. The highest BCUT2D eigenvalue weighted by Crippen LogP contribution is 2.32. The molecule has 7 heteroatoms. The van der Waals surface area contributed by atoms with Crippen LogP contribution >= 0.6 is 11.6 Å². The molecule has 158 valence electrons. The van der Waals surface area contributed by atoms with Gasteiger partial charge in [-0.15, -0.1) is 0 Å². The van der Waals surface area contributed by atoms with Crippen molar-refractivity contribution >= 4 is 34.3 Å². The summed E-state index contributed by atoms with van der Waals surface area (Å²) in [5.74, 6) is 1.14. The van der Waals surface area contributed by atoms with Crippen LogP contribution in [0.3, 0.4) is 0 Å². The SMILES string of the molecule is CCc1ccc2oc(-c3ccc(Cl)c(NC(=O)c4ccc(OC)c(OC)c4)c3)nc2c1. The number of aromatic nitrogens is 1. The number of aryl methyl sites for hydroxylation is 1. The number of amides is 1. The molecule has 0 fully saturated rings. The molecule has 6 nitrogen and oxygen atoms in total. The maximum atomic E-state index is 12.8. The maximum Gasteiger partial charge on any atom is 0.255 e. The number of nitrogens with zero attached hydrogens (tertiary/aromatic N) is 1. The van der Waals surface area contributed by atoms with Crippen molar-refractivity contribution in [1.29, 1.82) is 0 Å². The lowest BCUT2D eigenvalue weighted by Crippen LogP contribution is -2.12. The maximum absolute atomic E-state index is 12.8. The Morgan fingerprint density at radius 3 is 2.58 bits per heavy atom. The molecular weight excluding hydrogens is 416 g/mol. The molecule has 1 aromatic heterocycles. The number of methoxy groups -OCH3 is 2. The summed E-state index contributed by atoms with van der Waals surface area (Å²) in [6.07, 6.45) is 0.922. The molecule has 0 saturated heterocycles. The zero-order valence-electron chi connectivity index (χ0n) is 17.4. The average molecular weight is 437 g/mol. The number of benzene rings is 3. The highest BCUT2D eigenvalue weighted by molar-refractivity contribution is 6.34. The first-order valence-corrected chi connectivity index (χ1v) is 10.1. The second-order valence-electron chi connectivity index (χ2n) is 6.89. The Morgan fingerprint density at radius 2 is 1.84 bits per heavy atom. The van der Waals surface area contributed by atoms with Crippen molar-refractivity contribution in [2.75, 3.05) is 19.5 Å². The number of oxazole rings is 1. The van der Waals surface area contributed by atoms with Crippen LogP contribution in [0.4, 0.5) is 5.69 Å². The van der Waals surface area contributed by atoms with Gasteiger partial charge in [0.1, 0.15) is 5.52 Å². The second-order valence-corrected chi connectivity index (χ2v) is 7.30. The third-order valence-corrected chi connectivity index (χ3v) is 5.30. The Balaban J connectivity index is 1.63. The van der Waals surface area contributed by atoms with E-state index in [1.165, 1.54) is 19.8 Å². The van der Waals surface area contributed by atoms with Crippen LogP contribution in [0.1, 0.15) is 22.8 Å². The first kappa shape index (κ1) is 20.8. The third-order valence-electron chi connectivity index (χ3n) is 4.97. The van der Waals surface area contributed by atoms with E-state index in [9.17, 15) is 4.79 Å². The van der Waals surface area contributed by atoms with E-state index < -0.39 is 0 Å². The van der Waals surface area contributed by atoms with Gasteiger partial charge in [0.25, 0.3) is 5.91 Å². The topological polar surface area (TPSA) is 73.6 Å². The van der Waals surface area contributed by atoms with Crippen molar-refractivity contribution < 1.29 is 18.7 Å². The number of carbonyl (C=O) groups is 1. The van der Waals surface area contributed by atoms with Crippen molar-refractivity contribution in [2.45, 2.75) is 13.3 Å². The predicted octanol–water partition coefficient (Wildman–Crippen LogP) is 5.98. The van der Waals surface area contributed by atoms with Gasteiger partial charge in [-0.05, 0) is 60.5 Å². The van der Waals surface area contributed by atoms with Crippen LogP contribution in [0, 0.1) is 0 Å². The Bertz CT molecular complexity index is 1270. The molecule has 0 bridgehead atoms. The molecule has 0 saturated carbocycles. The van der Waals surface area contributed by atoms with E-state index in [1.54, 1.807) is 36.4 Å². The molecular formula is C24H21ClN2O4. The molecule has 0 spiro atoms. The number of hydrogen-bond acceptors (Lipinski definition) is 5. The average Bonchev–Trinajstić information content (AvgIpc) is 3.23. The van der Waals surface area contributed by atoms with Crippen molar-refractivity contribution in [1.82, 2.24) is 4.98 Å². The zero-order chi connectivity index (χ0) is 22.0. The Kier molecular flexibility index (Phi) is 5.82. The molecule has 3 aromatic carbocycles. The van der Waals surface area contributed by atoms with Crippen molar-refractivity contribution in [3.8, 4) is 23.0 Å². The molecule has 0 aliphatic rings. The molecule has 4 rings (SSSR count). The lowest BCUT2D eigenvalue weighted by atomic mass is 10.1. The minimum absolute atomic E-state index is 0.329. The monoisotopic (exact) mass is 436 g/mol. The Labute approximate surface area is 184 Å². The summed E-state index contributed by atoms with van der Waals surface area (Å²) in [7, 11) is 3.06. The first-order valence-electron chi connectivity index (χ1n) is 9.75. The van der Waals surface area contributed by atoms with E-state index in [1.807, 2.05) is 18.2 Å². The summed E-state index contributed by atoms with van der Waals surface area (Å²) in [5, 5.41) is 3.25. The van der Waals surface area contributed by atoms with Gasteiger partial charge in [-0.25, -0.2) is 4.98 Å². The van der Waals surface area contributed by atoms with Gasteiger partial charge in [0.2, 0.25) is 5.89 Å². The normalized spacial score (nSPS) is 10.8. The molecule has 4 aromatic rings. The fraction of sp³-hybridized carbons (Fsp3) is 0.167. The van der Waals surface area contributed by atoms with Gasteiger partial charge in [-0.3, -0.25) is 4.79 Å². The number of ether oxygens (including phenoxy) is 2. The Morgan fingerprint density at radius 1 is 1.03 bits per heavy atom. The van der Waals surface area contributed by atoms with Crippen molar-refractivity contribution in [3.05, 3.63) is 70.7 Å².